The van der Waals surface area contributed by atoms with E-state index in [0.29, 0.717) is 16.9 Å². The Bertz CT molecular complexity index is 1440. The Kier molecular flexibility index (Phi) is 3.88. The Hall–Kier alpha value is -3.61. The molecule has 0 aliphatic carbocycles. The number of aryl methyl sites for hydroxylation is 1. The fourth-order valence-corrected chi connectivity index (χ4v) is 3.59. The Morgan fingerprint density at radius 1 is 1.10 bits per heavy atom. The van der Waals surface area contributed by atoms with Crippen molar-refractivity contribution in [3.8, 4) is 11.3 Å². The van der Waals surface area contributed by atoms with Crippen molar-refractivity contribution >= 4 is 22.5 Å². The highest BCUT2D eigenvalue weighted by atomic mass is 16.1. The van der Waals surface area contributed by atoms with Crippen LogP contribution in [-0.4, -0.2) is 43.3 Å². The summed E-state index contributed by atoms with van der Waals surface area (Å²) in [5, 5.41) is 0.855. The first kappa shape index (κ1) is 15.2. The summed E-state index contributed by atoms with van der Waals surface area (Å²) in [6, 6.07) is 8.85. The Morgan fingerprint density at radius 3 is 2.71 bits per heavy atom. The second-order valence-corrected chi connectivity index (χ2v) is 7.46. The molecular weight excluding hydrogens is 388 g/mol. The lowest BCUT2D eigenvalue weighted by atomic mass is 10.1. The molecule has 4 heterocycles. The lowest BCUT2D eigenvalue weighted by molar-refractivity contribution is 0.0991. The standard InChI is InChI=1S/C24H24N6O/c1-16-26-15-21(29(16)2)17-5-6-19-14-27-23(28-20(19)11-17)13-22(31)18-7-8-25-24(12-18)30-9-3-4-10-30/h5-8,11-12,14-15H,3-4,9-10,13H2,1-2H3/i9D2,10D2. The zero-order chi connectivity index (χ0) is 25.0. The fraction of sp³-hybridized carbons (Fsp3) is 0.292. The van der Waals surface area contributed by atoms with E-state index in [1.807, 2.05) is 42.9 Å². The van der Waals surface area contributed by atoms with Gasteiger partial charge in [0.2, 0.25) is 0 Å². The number of nitrogens with zero attached hydrogens (tertiary/aromatic N) is 6. The molecule has 0 radical (unpaired) electrons. The van der Waals surface area contributed by atoms with Gasteiger partial charge < -0.3 is 9.47 Å². The lowest BCUT2D eigenvalue weighted by Gasteiger charge is -2.16. The summed E-state index contributed by atoms with van der Waals surface area (Å²) >= 11 is 0. The van der Waals surface area contributed by atoms with Gasteiger partial charge in [-0.2, -0.15) is 0 Å². The summed E-state index contributed by atoms with van der Waals surface area (Å²) < 4.78 is 34.7. The molecule has 1 saturated heterocycles. The number of pyridine rings is 1. The maximum absolute atomic E-state index is 13.1. The van der Waals surface area contributed by atoms with Crippen LogP contribution in [0, 0.1) is 6.92 Å². The highest BCUT2D eigenvalue weighted by molar-refractivity contribution is 5.98. The number of benzene rings is 1. The van der Waals surface area contributed by atoms with Crippen LogP contribution in [0.4, 0.5) is 5.82 Å². The average molecular weight is 417 g/mol. The minimum absolute atomic E-state index is 0.0468. The van der Waals surface area contributed by atoms with E-state index in [4.69, 9.17) is 5.48 Å². The molecule has 4 aromatic rings. The van der Waals surface area contributed by atoms with Crippen LogP contribution in [0.1, 0.15) is 40.3 Å². The van der Waals surface area contributed by atoms with Gasteiger partial charge in [0.05, 0.1) is 23.8 Å². The first-order valence-electron chi connectivity index (χ1n) is 12.1. The van der Waals surface area contributed by atoms with Crippen molar-refractivity contribution in [1.29, 1.82) is 0 Å². The maximum atomic E-state index is 13.1. The molecule has 7 heteroatoms. The van der Waals surface area contributed by atoms with Gasteiger partial charge in [-0.25, -0.2) is 19.9 Å². The minimum Gasteiger partial charge on any atom is -0.357 e. The van der Waals surface area contributed by atoms with Crippen LogP contribution in [-0.2, 0) is 13.5 Å². The number of fused-ring (bicyclic) bond motifs is 1. The third-order valence-electron chi connectivity index (χ3n) is 5.43. The van der Waals surface area contributed by atoms with E-state index in [0.717, 1.165) is 27.4 Å². The van der Waals surface area contributed by atoms with Gasteiger partial charge in [-0.3, -0.25) is 4.79 Å². The summed E-state index contributed by atoms with van der Waals surface area (Å²) in [6.45, 7) is -1.83. The summed E-state index contributed by atoms with van der Waals surface area (Å²) in [5.41, 5.74) is 2.94. The molecule has 0 spiro atoms. The predicted octanol–water partition coefficient (Wildman–Crippen LogP) is 3.76. The molecule has 5 rings (SSSR count). The smallest absolute Gasteiger partial charge is 0.170 e. The summed E-state index contributed by atoms with van der Waals surface area (Å²) in [7, 11) is 1.95. The maximum Gasteiger partial charge on any atom is 0.170 e. The van der Waals surface area contributed by atoms with Crippen molar-refractivity contribution in [1.82, 2.24) is 24.5 Å². The highest BCUT2D eigenvalue weighted by Crippen LogP contribution is 2.24. The van der Waals surface area contributed by atoms with E-state index < -0.39 is 13.0 Å². The molecule has 156 valence electrons. The summed E-state index contributed by atoms with van der Waals surface area (Å²) in [5.74, 6) is 1.11. The quantitative estimate of drug-likeness (QED) is 0.461. The number of rotatable bonds is 5. The monoisotopic (exact) mass is 416 g/mol. The lowest BCUT2D eigenvalue weighted by Crippen LogP contribution is -2.19. The largest absolute Gasteiger partial charge is 0.357 e. The van der Waals surface area contributed by atoms with Gasteiger partial charge in [-0.15, -0.1) is 0 Å². The predicted molar refractivity (Wildman–Crippen MR) is 120 cm³/mol. The van der Waals surface area contributed by atoms with Gasteiger partial charge in [0.25, 0.3) is 0 Å². The number of carbonyl (C=O) groups excluding carboxylic acids is 1. The molecule has 0 amide bonds. The molecule has 0 atom stereocenters. The number of ketones is 1. The third-order valence-corrected chi connectivity index (χ3v) is 5.43. The van der Waals surface area contributed by atoms with Crippen LogP contribution in [0.25, 0.3) is 22.2 Å². The van der Waals surface area contributed by atoms with E-state index in [-0.39, 0.29) is 30.9 Å². The Labute approximate surface area is 186 Å². The van der Waals surface area contributed by atoms with Crippen LogP contribution in [0.2, 0.25) is 0 Å². The highest BCUT2D eigenvalue weighted by Gasteiger charge is 2.16. The first-order valence-corrected chi connectivity index (χ1v) is 10.1. The van der Waals surface area contributed by atoms with E-state index in [2.05, 4.69) is 19.9 Å². The zero-order valence-electron chi connectivity index (χ0n) is 21.3. The molecule has 1 fully saturated rings. The van der Waals surface area contributed by atoms with Crippen molar-refractivity contribution in [3.05, 3.63) is 66.1 Å². The average Bonchev–Trinajstić information content (AvgIpc) is 3.26. The fourth-order valence-electron chi connectivity index (χ4n) is 3.59. The molecule has 31 heavy (non-hydrogen) atoms. The zero-order valence-corrected chi connectivity index (χ0v) is 17.3. The SMILES string of the molecule is [2H]C1([2H])CCC([2H])([2H])N1c1cc(C(=O)Cc2ncc3ccc(-c4cnc(C)n4C)cc3n2)ccn1. The van der Waals surface area contributed by atoms with Gasteiger partial charge in [0, 0.05) is 54.4 Å². The molecule has 3 aromatic heterocycles. The Balaban J connectivity index is 1.42. The number of aromatic nitrogens is 5. The molecule has 1 aromatic carbocycles. The van der Waals surface area contributed by atoms with Crippen LogP contribution >= 0.6 is 0 Å². The second kappa shape index (κ2) is 7.91. The van der Waals surface area contributed by atoms with Crippen molar-refractivity contribution in [2.75, 3.05) is 17.9 Å². The van der Waals surface area contributed by atoms with Gasteiger partial charge in [-0.1, -0.05) is 12.1 Å². The van der Waals surface area contributed by atoms with Crippen LogP contribution < -0.4 is 4.90 Å². The molecule has 0 unspecified atom stereocenters. The number of carbonyl (C=O) groups is 1. The van der Waals surface area contributed by atoms with Crippen LogP contribution in [0.3, 0.4) is 0 Å². The normalized spacial score (nSPS) is 19.0. The van der Waals surface area contributed by atoms with Gasteiger partial charge >= 0.3 is 0 Å². The van der Waals surface area contributed by atoms with Gasteiger partial charge in [-0.05, 0) is 38.0 Å². The number of hydrogen-bond donors (Lipinski definition) is 0. The van der Waals surface area contributed by atoms with E-state index >= 15 is 0 Å². The van der Waals surface area contributed by atoms with Crippen LogP contribution in [0.15, 0.2) is 48.9 Å². The van der Waals surface area contributed by atoms with Crippen molar-refractivity contribution in [3.63, 3.8) is 0 Å². The molecular formula is C24H24N6O. The number of anilines is 1. The topological polar surface area (TPSA) is 76.8 Å². The minimum atomic E-state index is -1.89. The first-order chi connectivity index (χ1) is 16.5. The number of imidazole rings is 1. The molecule has 7 nitrogen and oxygen atoms in total. The molecule has 1 aliphatic heterocycles. The Morgan fingerprint density at radius 2 is 1.94 bits per heavy atom. The van der Waals surface area contributed by atoms with E-state index in [1.165, 1.54) is 18.3 Å². The molecule has 0 N–H and O–H groups in total. The number of Topliss-reactive ketones (excluding diaryl/α,β-unsaturated/α-hetero) is 1. The second-order valence-electron chi connectivity index (χ2n) is 7.46. The molecule has 0 saturated carbocycles. The van der Waals surface area contributed by atoms with Gasteiger partial charge in [0.15, 0.2) is 5.78 Å². The summed E-state index contributed by atoms with van der Waals surface area (Å²) in [6.07, 6.45) is 4.95. The number of hydrogen-bond acceptors (Lipinski definition) is 6. The van der Waals surface area contributed by atoms with E-state index in [9.17, 15) is 4.79 Å². The summed E-state index contributed by atoms with van der Waals surface area (Å²) in [4.78, 5) is 31.5. The molecule has 1 aliphatic rings. The van der Waals surface area contributed by atoms with Crippen LogP contribution in [0.5, 0.6) is 0 Å². The van der Waals surface area contributed by atoms with E-state index in [1.54, 1.807) is 6.20 Å². The third kappa shape index (κ3) is 3.79. The van der Waals surface area contributed by atoms with Crippen molar-refractivity contribution in [2.45, 2.75) is 26.2 Å². The molecule has 0 bridgehead atoms. The van der Waals surface area contributed by atoms with Crippen molar-refractivity contribution in [2.24, 2.45) is 7.05 Å². The van der Waals surface area contributed by atoms with Crippen molar-refractivity contribution < 1.29 is 10.3 Å². The van der Waals surface area contributed by atoms with Gasteiger partial charge in [0.1, 0.15) is 17.5 Å².